The van der Waals surface area contributed by atoms with Crippen molar-refractivity contribution in [3.63, 3.8) is 0 Å². The van der Waals surface area contributed by atoms with Crippen molar-refractivity contribution in [3.05, 3.63) is 33.9 Å². The van der Waals surface area contributed by atoms with Gasteiger partial charge in [-0.15, -0.1) is 0 Å². The molecule has 0 atom stereocenters. The quantitative estimate of drug-likeness (QED) is 0.367. The average molecular weight is 282 g/mol. The summed E-state index contributed by atoms with van der Waals surface area (Å²) in [6, 6.07) is 4.55. The molecule has 0 amide bonds. The van der Waals surface area contributed by atoms with Gasteiger partial charge in [0.05, 0.1) is 18.2 Å². The molecule has 102 valence electrons. The van der Waals surface area contributed by atoms with E-state index < -0.39 is 4.92 Å². The molecular weight excluding hydrogens is 268 g/mol. The molecule has 0 heterocycles. The Labute approximate surface area is 115 Å². The van der Waals surface area contributed by atoms with Crippen LogP contribution in [0.2, 0.25) is 0 Å². The Balaban J connectivity index is 2.79. The van der Waals surface area contributed by atoms with Crippen LogP contribution in [-0.2, 0) is 0 Å². The molecule has 1 aromatic carbocycles. The van der Waals surface area contributed by atoms with E-state index in [1.807, 2.05) is 6.92 Å². The van der Waals surface area contributed by atoms with Gasteiger partial charge in [0.1, 0.15) is 0 Å². The summed E-state index contributed by atoms with van der Waals surface area (Å²) in [6.07, 6.45) is 1.44. The molecule has 0 aliphatic carbocycles. The van der Waals surface area contributed by atoms with E-state index in [1.165, 1.54) is 25.5 Å². The van der Waals surface area contributed by atoms with Gasteiger partial charge in [-0.25, -0.2) is 0 Å². The van der Waals surface area contributed by atoms with Gasteiger partial charge in [0.15, 0.2) is 10.9 Å². The first-order chi connectivity index (χ1) is 9.08. The fraction of sp³-hybridized carbons (Fsp3) is 0.273. The molecule has 0 saturated carbocycles. The van der Waals surface area contributed by atoms with Crippen molar-refractivity contribution >= 4 is 29.2 Å². The first kappa shape index (κ1) is 14.8. The zero-order valence-corrected chi connectivity index (χ0v) is 11.4. The lowest BCUT2D eigenvalue weighted by molar-refractivity contribution is -0.385. The van der Waals surface area contributed by atoms with Crippen molar-refractivity contribution in [1.29, 1.82) is 0 Å². The second-order valence-corrected chi connectivity index (χ2v) is 3.83. The normalized spacial score (nSPS) is 10.2. The van der Waals surface area contributed by atoms with Crippen LogP contribution in [0.5, 0.6) is 5.75 Å². The number of nitro groups is 1. The minimum absolute atomic E-state index is 0.110. The Morgan fingerprint density at radius 2 is 2.37 bits per heavy atom. The van der Waals surface area contributed by atoms with Crippen molar-refractivity contribution in [2.45, 2.75) is 6.92 Å². The van der Waals surface area contributed by atoms with Crippen molar-refractivity contribution < 1.29 is 9.66 Å². The van der Waals surface area contributed by atoms with E-state index in [4.69, 9.17) is 17.0 Å². The smallest absolute Gasteiger partial charge is 0.311 e. The molecule has 1 rings (SSSR count). The number of hydrazone groups is 1. The number of nitrogens with one attached hydrogen (secondary N) is 2. The maximum Gasteiger partial charge on any atom is 0.311 e. The first-order valence-corrected chi connectivity index (χ1v) is 5.88. The van der Waals surface area contributed by atoms with Gasteiger partial charge in [-0.2, -0.15) is 5.10 Å². The second kappa shape index (κ2) is 7.27. The largest absolute Gasteiger partial charge is 0.490 e. The van der Waals surface area contributed by atoms with E-state index in [-0.39, 0.29) is 11.4 Å². The maximum absolute atomic E-state index is 10.8. The number of nitro benzene ring substituents is 1. The molecule has 8 heteroatoms. The predicted octanol–water partition coefficient (Wildman–Crippen LogP) is 1.42. The lowest BCUT2D eigenvalue weighted by atomic mass is 10.2. The molecule has 0 aromatic heterocycles. The second-order valence-electron chi connectivity index (χ2n) is 3.42. The van der Waals surface area contributed by atoms with Crippen LogP contribution in [0.4, 0.5) is 5.69 Å². The highest BCUT2D eigenvalue weighted by atomic mass is 32.1. The monoisotopic (exact) mass is 282 g/mol. The first-order valence-electron chi connectivity index (χ1n) is 5.47. The van der Waals surface area contributed by atoms with E-state index in [2.05, 4.69) is 15.8 Å². The highest BCUT2D eigenvalue weighted by molar-refractivity contribution is 7.80. The van der Waals surface area contributed by atoms with E-state index in [9.17, 15) is 10.1 Å². The van der Waals surface area contributed by atoms with Crippen LogP contribution < -0.4 is 15.5 Å². The molecule has 7 nitrogen and oxygen atoms in total. The van der Waals surface area contributed by atoms with E-state index in [0.717, 1.165) is 0 Å². The van der Waals surface area contributed by atoms with Gasteiger partial charge in [0.25, 0.3) is 0 Å². The number of methoxy groups -OCH3 is 1. The number of benzene rings is 1. The lowest BCUT2D eigenvalue weighted by Gasteiger charge is -2.03. The summed E-state index contributed by atoms with van der Waals surface area (Å²) in [6.45, 7) is 2.60. The molecule has 19 heavy (non-hydrogen) atoms. The van der Waals surface area contributed by atoms with Gasteiger partial charge in [-0.3, -0.25) is 15.5 Å². The van der Waals surface area contributed by atoms with Crippen LogP contribution in [0, 0.1) is 10.1 Å². The number of thiocarbonyl (C=S) groups is 1. The third-order valence-electron chi connectivity index (χ3n) is 2.12. The minimum atomic E-state index is -0.507. The Bertz CT molecular complexity index is 505. The van der Waals surface area contributed by atoms with Crippen LogP contribution in [0.15, 0.2) is 23.3 Å². The SMILES string of the molecule is CCNC(=S)NN=Cc1ccc(OC)c([N+](=O)[O-])c1. The number of hydrogen-bond donors (Lipinski definition) is 2. The highest BCUT2D eigenvalue weighted by Crippen LogP contribution is 2.26. The minimum Gasteiger partial charge on any atom is -0.490 e. The average Bonchev–Trinajstić information content (AvgIpc) is 2.38. The maximum atomic E-state index is 10.8. The van der Waals surface area contributed by atoms with Crippen molar-refractivity contribution in [2.75, 3.05) is 13.7 Å². The summed E-state index contributed by atoms with van der Waals surface area (Å²) in [5.41, 5.74) is 3.06. The zero-order valence-electron chi connectivity index (χ0n) is 10.5. The molecule has 0 aliphatic rings. The van der Waals surface area contributed by atoms with Gasteiger partial charge in [-0.1, -0.05) is 0 Å². The van der Waals surface area contributed by atoms with Gasteiger partial charge < -0.3 is 10.1 Å². The fourth-order valence-corrected chi connectivity index (χ4v) is 1.49. The summed E-state index contributed by atoms with van der Waals surface area (Å²) >= 11 is 4.91. The number of rotatable bonds is 5. The summed E-state index contributed by atoms with van der Waals surface area (Å²) in [5, 5.41) is 18.0. The summed E-state index contributed by atoms with van der Waals surface area (Å²) in [5.74, 6) is 0.207. The highest BCUT2D eigenvalue weighted by Gasteiger charge is 2.14. The van der Waals surface area contributed by atoms with Crippen LogP contribution in [0.3, 0.4) is 0 Å². The number of hydrogen-bond acceptors (Lipinski definition) is 5. The third kappa shape index (κ3) is 4.51. The Hall–Kier alpha value is -2.22. The Morgan fingerprint density at radius 1 is 1.63 bits per heavy atom. The molecule has 0 unspecified atom stereocenters. The molecule has 0 fully saturated rings. The Kier molecular flexibility index (Phi) is 5.68. The molecule has 0 bridgehead atoms. The predicted molar refractivity (Wildman–Crippen MR) is 76.7 cm³/mol. The number of nitrogens with zero attached hydrogens (tertiary/aromatic N) is 2. The van der Waals surface area contributed by atoms with E-state index >= 15 is 0 Å². The van der Waals surface area contributed by atoms with Gasteiger partial charge in [-0.05, 0) is 31.3 Å². The zero-order chi connectivity index (χ0) is 14.3. The van der Waals surface area contributed by atoms with Crippen LogP contribution >= 0.6 is 12.2 Å². The molecule has 0 radical (unpaired) electrons. The van der Waals surface area contributed by atoms with Crippen molar-refractivity contribution in [1.82, 2.24) is 10.7 Å². The molecule has 0 saturated heterocycles. The topological polar surface area (TPSA) is 88.8 Å². The molecule has 0 aliphatic heterocycles. The molecule has 2 N–H and O–H groups in total. The van der Waals surface area contributed by atoms with Gasteiger partial charge >= 0.3 is 5.69 Å². The van der Waals surface area contributed by atoms with E-state index in [1.54, 1.807) is 6.07 Å². The van der Waals surface area contributed by atoms with Crippen LogP contribution in [0.1, 0.15) is 12.5 Å². The van der Waals surface area contributed by atoms with Crippen LogP contribution in [-0.4, -0.2) is 29.9 Å². The molecule has 0 spiro atoms. The van der Waals surface area contributed by atoms with Gasteiger partial charge in [0, 0.05) is 18.2 Å². The van der Waals surface area contributed by atoms with E-state index in [0.29, 0.717) is 17.2 Å². The Morgan fingerprint density at radius 3 is 2.95 bits per heavy atom. The standard InChI is InChI=1S/C11H14N4O3S/c1-3-12-11(19)14-13-7-8-4-5-10(18-2)9(6-8)15(16)17/h4-7H,3H2,1-2H3,(H2,12,14,19). The third-order valence-corrected chi connectivity index (χ3v) is 2.35. The lowest BCUT2D eigenvalue weighted by Crippen LogP contribution is -2.31. The number of ether oxygens (including phenoxy) is 1. The van der Waals surface area contributed by atoms with Crippen LogP contribution in [0.25, 0.3) is 0 Å². The van der Waals surface area contributed by atoms with Gasteiger partial charge in [0.2, 0.25) is 0 Å². The summed E-state index contributed by atoms with van der Waals surface area (Å²) in [4.78, 5) is 10.3. The van der Waals surface area contributed by atoms with Crippen molar-refractivity contribution in [3.8, 4) is 5.75 Å². The molecular formula is C11H14N4O3S. The molecule has 1 aromatic rings. The summed E-state index contributed by atoms with van der Waals surface area (Å²) < 4.78 is 4.90. The summed E-state index contributed by atoms with van der Waals surface area (Å²) in [7, 11) is 1.38. The fourth-order valence-electron chi connectivity index (χ4n) is 1.30. The van der Waals surface area contributed by atoms with Crippen molar-refractivity contribution in [2.24, 2.45) is 5.10 Å².